The second-order valence-corrected chi connectivity index (χ2v) is 7.91. The summed E-state index contributed by atoms with van der Waals surface area (Å²) in [5, 5.41) is 14.8. The van der Waals surface area contributed by atoms with Gasteiger partial charge in [0.25, 0.3) is 0 Å². The number of aromatic nitrogens is 2. The van der Waals surface area contributed by atoms with Crippen LogP contribution in [0.15, 0.2) is 54.6 Å². The van der Waals surface area contributed by atoms with Crippen LogP contribution in [0.3, 0.4) is 0 Å². The average molecular weight is 394 g/mol. The van der Waals surface area contributed by atoms with Gasteiger partial charge >= 0.3 is 0 Å². The molecule has 3 aromatic rings. The van der Waals surface area contributed by atoms with Crippen molar-refractivity contribution >= 4 is 0 Å². The highest BCUT2D eigenvalue weighted by Gasteiger charge is 2.24. The van der Waals surface area contributed by atoms with Gasteiger partial charge in [0.05, 0.1) is 11.7 Å². The summed E-state index contributed by atoms with van der Waals surface area (Å²) in [7, 11) is 1.91. The monoisotopic (exact) mass is 393 g/mol. The number of benzene rings is 2. The third-order valence-electron chi connectivity index (χ3n) is 4.93. The lowest BCUT2D eigenvalue weighted by Crippen LogP contribution is -2.36. The Hall–Kier alpha value is -2.63. The normalized spacial score (nSPS) is 12.6. The standard InChI is InChI=1S/C24H31N3O2/c1-17(2)27(15-19(4)28)16-22-23(20-11-7-6-8-12-20)25-26(5)24(22)29-21-13-9-10-18(3)14-21/h6-14,17,19,28H,15-16H2,1-5H3. The first kappa shape index (κ1) is 21.1. The van der Waals surface area contributed by atoms with E-state index in [0.717, 1.165) is 34.0 Å². The van der Waals surface area contributed by atoms with Gasteiger partial charge in [-0.3, -0.25) is 4.90 Å². The van der Waals surface area contributed by atoms with Gasteiger partial charge in [-0.2, -0.15) is 5.10 Å². The topological polar surface area (TPSA) is 50.5 Å². The minimum Gasteiger partial charge on any atom is -0.439 e. The van der Waals surface area contributed by atoms with Gasteiger partial charge in [0.2, 0.25) is 5.88 Å². The van der Waals surface area contributed by atoms with Crippen LogP contribution in [0.2, 0.25) is 0 Å². The highest BCUT2D eigenvalue weighted by molar-refractivity contribution is 5.65. The molecule has 0 fully saturated rings. The number of ether oxygens (including phenoxy) is 1. The van der Waals surface area contributed by atoms with E-state index in [1.165, 1.54) is 0 Å². The van der Waals surface area contributed by atoms with Crippen molar-refractivity contribution in [2.24, 2.45) is 7.05 Å². The number of nitrogens with zero attached hydrogens (tertiary/aromatic N) is 3. The van der Waals surface area contributed by atoms with Crippen LogP contribution >= 0.6 is 0 Å². The first-order valence-corrected chi connectivity index (χ1v) is 10.1. The summed E-state index contributed by atoms with van der Waals surface area (Å²) < 4.78 is 8.13. The number of hydrogen-bond acceptors (Lipinski definition) is 4. The maximum absolute atomic E-state index is 9.98. The van der Waals surface area contributed by atoms with E-state index < -0.39 is 6.10 Å². The Balaban J connectivity index is 2.06. The van der Waals surface area contributed by atoms with E-state index in [0.29, 0.717) is 13.1 Å². The third kappa shape index (κ3) is 5.25. The smallest absolute Gasteiger partial charge is 0.222 e. The van der Waals surface area contributed by atoms with Crippen LogP contribution in [-0.2, 0) is 13.6 Å². The van der Waals surface area contributed by atoms with E-state index in [9.17, 15) is 5.11 Å². The maximum atomic E-state index is 9.98. The van der Waals surface area contributed by atoms with Gasteiger partial charge in [-0.25, -0.2) is 4.68 Å². The molecular formula is C24H31N3O2. The van der Waals surface area contributed by atoms with Crippen LogP contribution in [0, 0.1) is 6.92 Å². The molecule has 1 heterocycles. The van der Waals surface area contributed by atoms with E-state index in [1.54, 1.807) is 4.68 Å². The molecule has 0 saturated carbocycles. The second kappa shape index (κ2) is 9.25. The second-order valence-electron chi connectivity index (χ2n) is 7.91. The van der Waals surface area contributed by atoms with Crippen molar-refractivity contribution in [2.75, 3.05) is 6.54 Å². The molecule has 0 aliphatic rings. The summed E-state index contributed by atoms with van der Waals surface area (Å²) in [5.74, 6) is 1.52. The Morgan fingerprint density at radius 3 is 2.41 bits per heavy atom. The largest absolute Gasteiger partial charge is 0.439 e. The first-order chi connectivity index (χ1) is 13.8. The Kier molecular flexibility index (Phi) is 6.72. The molecule has 5 heteroatoms. The quantitative estimate of drug-likeness (QED) is 0.598. The molecule has 1 atom stereocenters. The molecule has 0 amide bonds. The van der Waals surface area contributed by atoms with Crippen molar-refractivity contribution in [3.8, 4) is 22.9 Å². The molecule has 5 nitrogen and oxygen atoms in total. The molecule has 0 spiro atoms. The summed E-state index contributed by atoms with van der Waals surface area (Å²) in [6.07, 6.45) is -0.407. The van der Waals surface area contributed by atoms with Crippen molar-refractivity contribution in [2.45, 2.75) is 46.4 Å². The fourth-order valence-electron chi connectivity index (χ4n) is 3.44. The molecule has 0 bridgehead atoms. The minimum atomic E-state index is -0.407. The minimum absolute atomic E-state index is 0.278. The average Bonchev–Trinajstić information content (AvgIpc) is 2.97. The number of aliphatic hydroxyl groups excluding tert-OH is 1. The van der Waals surface area contributed by atoms with Crippen LogP contribution in [0.5, 0.6) is 11.6 Å². The molecule has 3 rings (SSSR count). The molecular weight excluding hydrogens is 362 g/mol. The van der Waals surface area contributed by atoms with E-state index in [2.05, 4.69) is 43.9 Å². The Labute approximate surface area is 173 Å². The SMILES string of the molecule is Cc1cccc(Oc2c(CN(CC(C)O)C(C)C)c(-c3ccccc3)nn2C)c1. The summed E-state index contributed by atoms with van der Waals surface area (Å²) in [5.41, 5.74) is 4.13. The molecule has 29 heavy (non-hydrogen) atoms. The van der Waals surface area contributed by atoms with Gasteiger partial charge in [-0.1, -0.05) is 42.5 Å². The van der Waals surface area contributed by atoms with Crippen LogP contribution in [0.25, 0.3) is 11.3 Å². The summed E-state index contributed by atoms with van der Waals surface area (Å²) in [6.45, 7) is 9.38. The van der Waals surface area contributed by atoms with Gasteiger partial charge in [0, 0.05) is 31.7 Å². The number of rotatable bonds is 8. The van der Waals surface area contributed by atoms with Crippen molar-refractivity contribution in [3.63, 3.8) is 0 Å². The zero-order valence-corrected chi connectivity index (χ0v) is 18.0. The van der Waals surface area contributed by atoms with E-state index >= 15 is 0 Å². The Morgan fingerprint density at radius 1 is 1.07 bits per heavy atom. The number of aliphatic hydroxyl groups is 1. The predicted octanol–water partition coefficient (Wildman–Crippen LogP) is 4.78. The highest BCUT2D eigenvalue weighted by atomic mass is 16.5. The summed E-state index contributed by atoms with van der Waals surface area (Å²) in [4.78, 5) is 2.25. The summed E-state index contributed by atoms with van der Waals surface area (Å²) >= 11 is 0. The molecule has 1 N–H and O–H groups in total. The van der Waals surface area contributed by atoms with Crippen molar-refractivity contribution in [1.29, 1.82) is 0 Å². The molecule has 0 saturated heterocycles. The van der Waals surface area contributed by atoms with E-state index in [4.69, 9.17) is 9.84 Å². The lowest BCUT2D eigenvalue weighted by atomic mass is 10.1. The van der Waals surface area contributed by atoms with Crippen LogP contribution in [0.4, 0.5) is 0 Å². The predicted molar refractivity (Wildman–Crippen MR) is 117 cm³/mol. The molecule has 0 radical (unpaired) electrons. The van der Waals surface area contributed by atoms with Crippen LogP contribution in [0.1, 0.15) is 31.9 Å². The van der Waals surface area contributed by atoms with Crippen molar-refractivity contribution < 1.29 is 9.84 Å². The molecule has 2 aromatic carbocycles. The van der Waals surface area contributed by atoms with E-state index in [1.807, 2.05) is 50.4 Å². The van der Waals surface area contributed by atoms with Gasteiger partial charge in [-0.15, -0.1) is 0 Å². The fraction of sp³-hybridized carbons (Fsp3) is 0.375. The molecule has 154 valence electrons. The zero-order valence-electron chi connectivity index (χ0n) is 18.0. The van der Waals surface area contributed by atoms with Gasteiger partial charge in [0.1, 0.15) is 11.4 Å². The van der Waals surface area contributed by atoms with Gasteiger partial charge in [-0.05, 0) is 45.4 Å². The molecule has 1 unspecified atom stereocenters. The first-order valence-electron chi connectivity index (χ1n) is 10.1. The van der Waals surface area contributed by atoms with Crippen molar-refractivity contribution in [1.82, 2.24) is 14.7 Å². The van der Waals surface area contributed by atoms with Gasteiger partial charge < -0.3 is 9.84 Å². The Bertz CT molecular complexity index is 933. The van der Waals surface area contributed by atoms with Crippen LogP contribution < -0.4 is 4.74 Å². The maximum Gasteiger partial charge on any atom is 0.222 e. The fourth-order valence-corrected chi connectivity index (χ4v) is 3.44. The lowest BCUT2D eigenvalue weighted by molar-refractivity contribution is 0.102. The molecule has 0 aliphatic heterocycles. The third-order valence-corrected chi connectivity index (χ3v) is 4.93. The Morgan fingerprint density at radius 2 is 1.79 bits per heavy atom. The lowest BCUT2D eigenvalue weighted by Gasteiger charge is -2.28. The van der Waals surface area contributed by atoms with E-state index in [-0.39, 0.29) is 6.04 Å². The number of aryl methyl sites for hydroxylation is 2. The molecule has 1 aromatic heterocycles. The van der Waals surface area contributed by atoms with Gasteiger partial charge in [0.15, 0.2) is 0 Å². The zero-order chi connectivity index (χ0) is 21.0. The number of hydrogen-bond donors (Lipinski definition) is 1. The molecule has 0 aliphatic carbocycles. The van der Waals surface area contributed by atoms with Crippen molar-refractivity contribution in [3.05, 3.63) is 65.7 Å². The summed E-state index contributed by atoms with van der Waals surface area (Å²) in [6, 6.07) is 18.5. The highest BCUT2D eigenvalue weighted by Crippen LogP contribution is 2.34. The van der Waals surface area contributed by atoms with Crippen LogP contribution in [-0.4, -0.2) is 38.5 Å².